The number of phenolic OH excluding ortho intramolecular Hbond substituents is 1. The van der Waals surface area contributed by atoms with Crippen molar-refractivity contribution in [3.05, 3.63) is 46.6 Å². The summed E-state index contributed by atoms with van der Waals surface area (Å²) in [6.07, 6.45) is 1.50. The Hall–Kier alpha value is -2.08. The van der Waals surface area contributed by atoms with Crippen molar-refractivity contribution >= 4 is 27.5 Å². The van der Waals surface area contributed by atoms with Crippen LogP contribution in [0.1, 0.15) is 10.4 Å². The van der Waals surface area contributed by atoms with E-state index in [1.54, 1.807) is 24.3 Å². The van der Waals surface area contributed by atoms with Gasteiger partial charge in [0.05, 0.1) is 23.5 Å². The zero-order valence-electron chi connectivity index (χ0n) is 10.1. The van der Waals surface area contributed by atoms with Gasteiger partial charge < -0.3 is 15.2 Å². The van der Waals surface area contributed by atoms with E-state index in [0.717, 1.165) is 0 Å². The summed E-state index contributed by atoms with van der Waals surface area (Å²) in [6, 6.07) is 7.93. The Kier molecular flexibility index (Phi) is 4.01. The second-order valence-electron chi connectivity index (χ2n) is 3.71. The number of carbonyl (C=O) groups excluding carboxylic acids is 1. The molecular weight excluding hydrogens is 312 g/mol. The molecule has 0 bridgehead atoms. The molecular formula is C13H11BrN2O3. The Morgan fingerprint density at radius 1 is 1.37 bits per heavy atom. The molecule has 2 aromatic rings. The molecule has 2 N–H and O–H groups in total. The molecule has 0 fully saturated rings. The van der Waals surface area contributed by atoms with Crippen LogP contribution >= 0.6 is 15.9 Å². The van der Waals surface area contributed by atoms with Crippen LogP contribution in [0.2, 0.25) is 0 Å². The number of carbonyl (C=O) groups is 1. The minimum Gasteiger partial charge on any atom is -0.507 e. The Labute approximate surface area is 118 Å². The molecule has 5 nitrogen and oxygen atoms in total. The molecule has 0 saturated carbocycles. The number of rotatable bonds is 3. The third kappa shape index (κ3) is 3.23. The first kappa shape index (κ1) is 13.4. The van der Waals surface area contributed by atoms with E-state index in [1.165, 1.54) is 19.4 Å². The topological polar surface area (TPSA) is 71.5 Å². The highest BCUT2D eigenvalue weighted by Crippen LogP contribution is 2.24. The quantitative estimate of drug-likeness (QED) is 0.911. The van der Waals surface area contributed by atoms with E-state index in [9.17, 15) is 9.90 Å². The number of aromatic nitrogens is 1. The lowest BCUT2D eigenvalue weighted by molar-refractivity contribution is 0.102. The maximum absolute atomic E-state index is 11.9. The number of amides is 1. The van der Waals surface area contributed by atoms with Crippen LogP contribution in [0.15, 0.2) is 41.0 Å². The van der Waals surface area contributed by atoms with E-state index < -0.39 is 0 Å². The van der Waals surface area contributed by atoms with E-state index in [-0.39, 0.29) is 11.7 Å². The summed E-state index contributed by atoms with van der Waals surface area (Å²) < 4.78 is 5.46. The predicted molar refractivity (Wildman–Crippen MR) is 74.5 cm³/mol. The van der Waals surface area contributed by atoms with Gasteiger partial charge in [-0.2, -0.15) is 0 Å². The molecule has 0 spiro atoms. The summed E-state index contributed by atoms with van der Waals surface area (Å²) >= 11 is 3.16. The van der Waals surface area contributed by atoms with Gasteiger partial charge in [-0.25, -0.2) is 4.98 Å². The molecule has 0 aliphatic carbocycles. The summed E-state index contributed by atoms with van der Waals surface area (Å²) in [5.41, 5.74) is 0.907. The van der Waals surface area contributed by atoms with E-state index in [1.807, 2.05) is 0 Å². The fraction of sp³-hybridized carbons (Fsp3) is 0.0769. The van der Waals surface area contributed by atoms with Crippen LogP contribution < -0.4 is 10.1 Å². The van der Waals surface area contributed by atoms with Crippen LogP contribution in [0, 0.1) is 0 Å². The van der Waals surface area contributed by atoms with Gasteiger partial charge in [-0.1, -0.05) is 0 Å². The normalized spacial score (nSPS) is 10.0. The number of phenols is 1. The Morgan fingerprint density at radius 3 is 2.74 bits per heavy atom. The number of halogens is 1. The monoisotopic (exact) mass is 322 g/mol. The lowest BCUT2D eigenvalue weighted by Gasteiger charge is -2.06. The van der Waals surface area contributed by atoms with Crippen molar-refractivity contribution in [2.75, 3.05) is 12.4 Å². The van der Waals surface area contributed by atoms with Gasteiger partial charge in [-0.05, 0) is 40.2 Å². The van der Waals surface area contributed by atoms with E-state index >= 15 is 0 Å². The average Bonchev–Trinajstić information content (AvgIpc) is 2.42. The standard InChI is InChI=1S/C13H11BrN2O3/c1-19-12-5-3-9(7-15-12)16-13(18)8-2-4-10(14)11(17)6-8/h2-7,17H,1H3,(H,16,18). The molecule has 0 aliphatic rings. The van der Waals surface area contributed by atoms with Crippen LogP contribution in [0.25, 0.3) is 0 Å². The number of hydrogen-bond donors (Lipinski definition) is 2. The molecule has 98 valence electrons. The number of nitrogens with zero attached hydrogens (tertiary/aromatic N) is 1. The molecule has 1 aromatic carbocycles. The number of hydrogen-bond acceptors (Lipinski definition) is 4. The smallest absolute Gasteiger partial charge is 0.255 e. The number of anilines is 1. The Bertz CT molecular complexity index is 599. The number of pyridine rings is 1. The molecule has 0 atom stereocenters. The number of nitrogens with one attached hydrogen (secondary N) is 1. The van der Waals surface area contributed by atoms with Crippen molar-refractivity contribution in [1.29, 1.82) is 0 Å². The molecule has 0 radical (unpaired) electrons. The summed E-state index contributed by atoms with van der Waals surface area (Å²) in [4.78, 5) is 15.9. The third-order valence-electron chi connectivity index (χ3n) is 2.41. The number of ether oxygens (including phenoxy) is 1. The van der Waals surface area contributed by atoms with Crippen molar-refractivity contribution < 1.29 is 14.6 Å². The van der Waals surface area contributed by atoms with Gasteiger partial charge in [0, 0.05) is 11.6 Å². The Balaban J connectivity index is 2.13. The molecule has 19 heavy (non-hydrogen) atoms. The van der Waals surface area contributed by atoms with Gasteiger partial charge in [0.1, 0.15) is 5.75 Å². The third-order valence-corrected chi connectivity index (χ3v) is 3.08. The van der Waals surface area contributed by atoms with Gasteiger partial charge in [0.15, 0.2) is 0 Å². The highest BCUT2D eigenvalue weighted by molar-refractivity contribution is 9.10. The largest absolute Gasteiger partial charge is 0.507 e. The number of methoxy groups -OCH3 is 1. The van der Waals surface area contributed by atoms with Crippen molar-refractivity contribution in [1.82, 2.24) is 4.98 Å². The van der Waals surface area contributed by atoms with Gasteiger partial charge in [-0.15, -0.1) is 0 Å². The van der Waals surface area contributed by atoms with Crippen LogP contribution in [0.5, 0.6) is 11.6 Å². The highest BCUT2D eigenvalue weighted by atomic mass is 79.9. The molecule has 6 heteroatoms. The second kappa shape index (κ2) is 5.71. The molecule has 0 aliphatic heterocycles. The van der Waals surface area contributed by atoms with Crippen molar-refractivity contribution in [3.8, 4) is 11.6 Å². The minimum atomic E-state index is -0.324. The van der Waals surface area contributed by atoms with Gasteiger partial charge >= 0.3 is 0 Å². The SMILES string of the molecule is COc1ccc(NC(=O)c2ccc(Br)c(O)c2)cn1. The summed E-state index contributed by atoms with van der Waals surface area (Å²) in [5.74, 6) is 0.162. The molecule has 1 aromatic heterocycles. The van der Waals surface area contributed by atoms with Crippen molar-refractivity contribution in [2.24, 2.45) is 0 Å². The summed E-state index contributed by atoms with van der Waals surface area (Å²) in [6.45, 7) is 0. The van der Waals surface area contributed by atoms with Gasteiger partial charge in [0.2, 0.25) is 5.88 Å². The van der Waals surface area contributed by atoms with E-state index in [4.69, 9.17) is 4.74 Å². The van der Waals surface area contributed by atoms with E-state index in [2.05, 4.69) is 26.2 Å². The average molecular weight is 323 g/mol. The highest BCUT2D eigenvalue weighted by Gasteiger charge is 2.08. The fourth-order valence-corrected chi connectivity index (χ4v) is 1.68. The maximum Gasteiger partial charge on any atom is 0.255 e. The molecule has 2 rings (SSSR count). The summed E-state index contributed by atoms with van der Waals surface area (Å²) in [5, 5.41) is 12.2. The summed E-state index contributed by atoms with van der Waals surface area (Å²) in [7, 11) is 1.52. The molecule has 1 amide bonds. The molecule has 0 unspecified atom stereocenters. The lowest BCUT2D eigenvalue weighted by atomic mass is 10.2. The van der Waals surface area contributed by atoms with Crippen LogP contribution in [-0.4, -0.2) is 23.1 Å². The van der Waals surface area contributed by atoms with Crippen LogP contribution in [0.4, 0.5) is 5.69 Å². The molecule has 0 saturated heterocycles. The first-order chi connectivity index (χ1) is 9.10. The lowest BCUT2D eigenvalue weighted by Crippen LogP contribution is -2.11. The zero-order valence-corrected chi connectivity index (χ0v) is 11.6. The first-order valence-electron chi connectivity index (χ1n) is 5.40. The Morgan fingerprint density at radius 2 is 2.16 bits per heavy atom. The van der Waals surface area contributed by atoms with Crippen molar-refractivity contribution in [2.45, 2.75) is 0 Å². The van der Waals surface area contributed by atoms with Crippen LogP contribution in [-0.2, 0) is 0 Å². The fourth-order valence-electron chi connectivity index (χ4n) is 1.43. The minimum absolute atomic E-state index is 0.0144. The maximum atomic E-state index is 11.9. The van der Waals surface area contributed by atoms with Gasteiger partial charge in [-0.3, -0.25) is 4.79 Å². The van der Waals surface area contributed by atoms with E-state index in [0.29, 0.717) is 21.6 Å². The number of aromatic hydroxyl groups is 1. The molecule has 1 heterocycles. The predicted octanol–water partition coefficient (Wildman–Crippen LogP) is 2.81. The zero-order chi connectivity index (χ0) is 13.8. The van der Waals surface area contributed by atoms with Gasteiger partial charge in [0.25, 0.3) is 5.91 Å². The van der Waals surface area contributed by atoms with Crippen LogP contribution in [0.3, 0.4) is 0 Å². The number of benzene rings is 1. The van der Waals surface area contributed by atoms with Crippen molar-refractivity contribution in [3.63, 3.8) is 0 Å². The first-order valence-corrected chi connectivity index (χ1v) is 6.19. The second-order valence-corrected chi connectivity index (χ2v) is 4.56.